The Morgan fingerprint density at radius 2 is 1.94 bits per heavy atom. The highest BCUT2D eigenvalue weighted by Gasteiger charge is 2.30. The molecule has 0 spiro atoms. The van der Waals surface area contributed by atoms with E-state index in [4.69, 9.17) is 9.47 Å². The third kappa shape index (κ3) is 4.92. The van der Waals surface area contributed by atoms with Crippen molar-refractivity contribution in [1.29, 1.82) is 0 Å². The minimum Gasteiger partial charge on any atom is -0.466 e. The van der Waals surface area contributed by atoms with Crippen LogP contribution in [0.3, 0.4) is 0 Å². The number of hydrogen-bond donors (Lipinski definition) is 1. The Hall–Kier alpha value is -0.650. The molecule has 0 bridgehead atoms. The summed E-state index contributed by atoms with van der Waals surface area (Å²) in [6.45, 7) is 9.26. The van der Waals surface area contributed by atoms with Crippen LogP contribution in [-0.2, 0) is 14.3 Å². The van der Waals surface area contributed by atoms with E-state index in [-0.39, 0.29) is 17.5 Å². The van der Waals surface area contributed by atoms with E-state index in [1.165, 1.54) is 0 Å². The number of carbonyl (C=O) groups excluding carboxylic acids is 1. The van der Waals surface area contributed by atoms with Gasteiger partial charge in [0, 0.05) is 13.1 Å². The molecule has 1 heterocycles. The average Bonchev–Trinajstić information content (AvgIpc) is 2.27. The van der Waals surface area contributed by atoms with Crippen LogP contribution in [0.1, 0.15) is 40.5 Å². The fraction of sp³-hybridized carbons (Fsp3) is 0.923. The molecule has 0 aromatic heterocycles. The number of ether oxygens (including phenoxy) is 2. The predicted octanol–water partition coefficient (Wildman–Crippen LogP) is 1.35. The van der Waals surface area contributed by atoms with Crippen LogP contribution in [0.5, 0.6) is 0 Å². The quantitative estimate of drug-likeness (QED) is 0.610. The van der Waals surface area contributed by atoms with E-state index >= 15 is 0 Å². The molecule has 1 saturated heterocycles. The molecule has 0 saturated carbocycles. The fourth-order valence-electron chi connectivity index (χ4n) is 2.01. The van der Waals surface area contributed by atoms with Gasteiger partial charge in [0.25, 0.3) is 0 Å². The molecule has 5 heteroatoms. The van der Waals surface area contributed by atoms with Crippen molar-refractivity contribution >= 4 is 5.97 Å². The highest BCUT2D eigenvalue weighted by atomic mass is 16.6. The van der Waals surface area contributed by atoms with E-state index in [2.05, 4.69) is 0 Å². The van der Waals surface area contributed by atoms with Crippen molar-refractivity contribution in [3.05, 3.63) is 0 Å². The van der Waals surface area contributed by atoms with Gasteiger partial charge in [0.1, 0.15) is 0 Å². The first kappa shape index (κ1) is 15.4. The van der Waals surface area contributed by atoms with E-state index in [1.54, 1.807) is 0 Å². The third-order valence-corrected chi connectivity index (χ3v) is 2.92. The molecule has 0 aromatic rings. The van der Waals surface area contributed by atoms with E-state index in [1.807, 2.05) is 32.6 Å². The molecule has 1 N–H and O–H groups in total. The van der Waals surface area contributed by atoms with E-state index in [0.29, 0.717) is 32.5 Å². The Morgan fingerprint density at radius 1 is 1.39 bits per heavy atom. The summed E-state index contributed by atoms with van der Waals surface area (Å²) in [5.41, 5.74) is -0.378. The smallest absolute Gasteiger partial charge is 0.309 e. The zero-order valence-corrected chi connectivity index (χ0v) is 11.8. The number of aliphatic hydroxyl groups excluding tert-OH is 1. The zero-order valence-electron chi connectivity index (χ0n) is 11.8. The maximum Gasteiger partial charge on any atom is 0.309 e. The van der Waals surface area contributed by atoms with Gasteiger partial charge in [-0.05, 0) is 40.5 Å². The Balaban J connectivity index is 2.37. The normalized spacial score (nSPS) is 20.7. The number of piperidine rings is 1. The molecule has 18 heavy (non-hydrogen) atoms. The van der Waals surface area contributed by atoms with Gasteiger partial charge in [-0.15, -0.1) is 0 Å². The first-order chi connectivity index (χ1) is 8.33. The summed E-state index contributed by atoms with van der Waals surface area (Å²) in [4.78, 5) is 13.4. The van der Waals surface area contributed by atoms with Crippen molar-refractivity contribution in [3.8, 4) is 0 Å². The maximum absolute atomic E-state index is 11.6. The zero-order chi connectivity index (χ0) is 13.8. The molecule has 0 amide bonds. The Bertz CT molecular complexity index is 267. The van der Waals surface area contributed by atoms with Crippen LogP contribution in [0.4, 0.5) is 0 Å². The average molecular weight is 259 g/mol. The predicted molar refractivity (Wildman–Crippen MR) is 67.8 cm³/mol. The van der Waals surface area contributed by atoms with Crippen LogP contribution in [0.2, 0.25) is 0 Å². The van der Waals surface area contributed by atoms with Crippen LogP contribution < -0.4 is 0 Å². The number of likely N-dealkylation sites (tertiary alicyclic amines) is 1. The molecule has 1 fully saturated rings. The van der Waals surface area contributed by atoms with Gasteiger partial charge in [0.2, 0.25) is 6.41 Å². The van der Waals surface area contributed by atoms with Gasteiger partial charge in [0.05, 0.1) is 18.1 Å². The number of carbonyl (C=O) groups is 1. The summed E-state index contributed by atoms with van der Waals surface area (Å²) < 4.78 is 10.5. The molecule has 1 aliphatic heterocycles. The first-order valence-corrected chi connectivity index (χ1v) is 6.60. The van der Waals surface area contributed by atoms with Crippen LogP contribution in [0.15, 0.2) is 0 Å². The van der Waals surface area contributed by atoms with Crippen LogP contribution in [-0.4, -0.2) is 47.7 Å². The second-order valence-corrected chi connectivity index (χ2v) is 5.62. The molecule has 1 aliphatic rings. The van der Waals surface area contributed by atoms with Crippen molar-refractivity contribution in [1.82, 2.24) is 4.90 Å². The summed E-state index contributed by atoms with van der Waals surface area (Å²) in [6.07, 6.45) is 0.528. The van der Waals surface area contributed by atoms with Crippen molar-refractivity contribution in [2.75, 3.05) is 19.7 Å². The van der Waals surface area contributed by atoms with Crippen LogP contribution >= 0.6 is 0 Å². The maximum atomic E-state index is 11.6. The van der Waals surface area contributed by atoms with E-state index in [9.17, 15) is 9.90 Å². The highest BCUT2D eigenvalue weighted by Crippen LogP contribution is 2.21. The molecule has 0 aliphatic carbocycles. The molecule has 0 aromatic carbocycles. The van der Waals surface area contributed by atoms with Gasteiger partial charge in [-0.3, -0.25) is 9.69 Å². The SMILES string of the molecule is CCOC(=O)C1CCN(C(O)OC(C)(C)C)CC1. The van der Waals surface area contributed by atoms with Crippen LogP contribution in [0.25, 0.3) is 0 Å². The van der Waals surface area contributed by atoms with Gasteiger partial charge in [-0.25, -0.2) is 0 Å². The fourth-order valence-corrected chi connectivity index (χ4v) is 2.01. The second-order valence-electron chi connectivity index (χ2n) is 5.62. The summed E-state index contributed by atoms with van der Waals surface area (Å²) >= 11 is 0. The molecule has 0 radical (unpaired) electrons. The lowest BCUT2D eigenvalue weighted by atomic mass is 9.97. The number of nitrogens with zero attached hydrogens (tertiary/aromatic N) is 1. The molecular weight excluding hydrogens is 234 g/mol. The van der Waals surface area contributed by atoms with Gasteiger partial charge < -0.3 is 14.6 Å². The largest absolute Gasteiger partial charge is 0.466 e. The topological polar surface area (TPSA) is 59.0 Å². The van der Waals surface area contributed by atoms with Crippen molar-refractivity contribution < 1.29 is 19.4 Å². The summed E-state index contributed by atoms with van der Waals surface area (Å²) in [7, 11) is 0. The Kier molecular flexibility index (Phi) is 5.56. The third-order valence-electron chi connectivity index (χ3n) is 2.92. The summed E-state index contributed by atoms with van der Waals surface area (Å²) in [5.74, 6) is -0.161. The number of hydrogen-bond acceptors (Lipinski definition) is 5. The second kappa shape index (κ2) is 6.50. The highest BCUT2D eigenvalue weighted by molar-refractivity contribution is 5.72. The first-order valence-electron chi connectivity index (χ1n) is 6.60. The van der Waals surface area contributed by atoms with Gasteiger partial charge in [-0.2, -0.15) is 0 Å². The minimum atomic E-state index is -0.895. The number of esters is 1. The number of aliphatic hydroxyl groups is 1. The molecular formula is C13H25NO4. The Morgan fingerprint density at radius 3 is 2.39 bits per heavy atom. The molecule has 1 unspecified atom stereocenters. The lowest BCUT2D eigenvalue weighted by molar-refractivity contribution is -0.243. The van der Waals surface area contributed by atoms with Crippen LogP contribution in [0, 0.1) is 5.92 Å². The van der Waals surface area contributed by atoms with Crippen molar-refractivity contribution in [2.45, 2.75) is 52.6 Å². The van der Waals surface area contributed by atoms with Gasteiger partial charge in [0.15, 0.2) is 0 Å². The van der Waals surface area contributed by atoms with Gasteiger partial charge in [-0.1, -0.05) is 0 Å². The lowest BCUT2D eigenvalue weighted by Gasteiger charge is -2.36. The molecule has 5 nitrogen and oxygen atoms in total. The van der Waals surface area contributed by atoms with Crippen molar-refractivity contribution in [3.63, 3.8) is 0 Å². The monoisotopic (exact) mass is 259 g/mol. The standard InChI is InChI=1S/C13H25NO4/c1-5-17-11(15)10-6-8-14(9-7-10)12(16)18-13(2,3)4/h10,12,16H,5-9H2,1-4H3. The summed E-state index contributed by atoms with van der Waals surface area (Å²) in [6, 6.07) is 0. The van der Waals surface area contributed by atoms with E-state index in [0.717, 1.165) is 0 Å². The van der Waals surface area contributed by atoms with E-state index < -0.39 is 6.41 Å². The molecule has 106 valence electrons. The molecule has 1 rings (SSSR count). The summed E-state index contributed by atoms with van der Waals surface area (Å²) in [5, 5.41) is 9.93. The molecule has 1 atom stereocenters. The van der Waals surface area contributed by atoms with Gasteiger partial charge >= 0.3 is 5.97 Å². The number of rotatable bonds is 4. The Labute approximate surface area is 109 Å². The van der Waals surface area contributed by atoms with Crippen molar-refractivity contribution in [2.24, 2.45) is 5.92 Å². The minimum absolute atomic E-state index is 0.0389. The lowest BCUT2D eigenvalue weighted by Crippen LogP contribution is -2.46.